The van der Waals surface area contributed by atoms with Crippen molar-refractivity contribution in [3.8, 4) is 0 Å². The smallest absolute Gasteiger partial charge is 0.462 e. The normalized spacial score (nSPS) is 13.7. The number of esters is 4. The molecule has 636 valence electrons. The summed E-state index contributed by atoms with van der Waals surface area (Å²) in [6.07, 6.45) is 75.0. The van der Waals surface area contributed by atoms with Gasteiger partial charge in [0.05, 0.1) is 26.4 Å². The van der Waals surface area contributed by atoms with Crippen molar-refractivity contribution < 1.29 is 80.2 Å². The molecular formula is C88H172O17P2. The molecular weight excluding hydrogens is 1390 g/mol. The van der Waals surface area contributed by atoms with Gasteiger partial charge in [-0.1, -0.05) is 426 Å². The standard InChI is InChI=1S/C88H172O17P2/c1-6-9-12-15-18-21-24-26-28-30-31-32-33-35-41-45-49-54-59-64-69-74-88(93)105-84(78-99-86(91)72-67-62-57-52-47-43-39-37-36-38-42-46-50-55-60-65-70-81(4)5)80-103-107(96,97)101-76-82(89)75-100-106(94,95)102-79-83(77-98-85(90)71-66-61-56-51-23-20-17-14-11-8-3)104-87(92)73-68-63-58-53-48-44-40-34-29-27-25-22-19-16-13-10-7-2/h81-84,89H,6-80H2,1-5H3,(H,94,95)(H,96,97)/t82-,83+,84+/m0/s1. The predicted molar refractivity (Wildman–Crippen MR) is 442 cm³/mol. The molecule has 3 N–H and O–H groups in total. The van der Waals surface area contributed by atoms with Gasteiger partial charge in [0.25, 0.3) is 0 Å². The Labute approximate surface area is 658 Å². The van der Waals surface area contributed by atoms with Crippen molar-refractivity contribution in [2.24, 2.45) is 5.92 Å². The number of carbonyl (C=O) groups is 4. The molecule has 0 spiro atoms. The molecule has 5 atom stereocenters. The second-order valence-electron chi connectivity index (χ2n) is 32.1. The number of phosphoric ester groups is 2. The Morgan fingerprint density at radius 3 is 0.636 bits per heavy atom. The molecule has 0 heterocycles. The average molecular weight is 1560 g/mol. The summed E-state index contributed by atoms with van der Waals surface area (Å²) in [6.45, 7) is 7.40. The molecule has 0 saturated carbocycles. The summed E-state index contributed by atoms with van der Waals surface area (Å²) in [6, 6.07) is 0. The van der Waals surface area contributed by atoms with E-state index in [1.807, 2.05) is 0 Å². The SMILES string of the molecule is CCCCCCCCCCCCCCCCCCCCCCCC(=O)O[C@H](COC(=O)CCCCCCCCCCCCCCCCCCC(C)C)COP(=O)(O)OC[C@@H](O)COP(=O)(O)OC[C@@H](COC(=O)CCCCCCCCCCCC)OC(=O)CCCCCCCCCCCCCCCCCCC. The van der Waals surface area contributed by atoms with Gasteiger partial charge < -0.3 is 33.8 Å². The molecule has 0 aromatic rings. The number of aliphatic hydroxyl groups is 1. The van der Waals surface area contributed by atoms with E-state index in [-0.39, 0.29) is 25.7 Å². The van der Waals surface area contributed by atoms with Crippen LogP contribution >= 0.6 is 15.6 Å². The summed E-state index contributed by atoms with van der Waals surface area (Å²) in [5.41, 5.74) is 0. The lowest BCUT2D eigenvalue weighted by Gasteiger charge is -2.21. The van der Waals surface area contributed by atoms with Crippen molar-refractivity contribution in [1.29, 1.82) is 0 Å². The number of aliphatic hydroxyl groups excluding tert-OH is 1. The van der Waals surface area contributed by atoms with Gasteiger partial charge in [0.2, 0.25) is 0 Å². The summed E-state index contributed by atoms with van der Waals surface area (Å²) >= 11 is 0. The monoisotopic (exact) mass is 1560 g/mol. The molecule has 0 aromatic heterocycles. The molecule has 0 aliphatic rings. The fourth-order valence-electron chi connectivity index (χ4n) is 13.8. The largest absolute Gasteiger partial charge is 0.472 e. The van der Waals surface area contributed by atoms with Crippen LogP contribution in [0.1, 0.15) is 478 Å². The number of hydrogen-bond acceptors (Lipinski definition) is 15. The highest BCUT2D eigenvalue weighted by molar-refractivity contribution is 7.47. The van der Waals surface area contributed by atoms with Gasteiger partial charge in [-0.15, -0.1) is 0 Å². The summed E-state index contributed by atoms with van der Waals surface area (Å²) in [4.78, 5) is 73.3. The van der Waals surface area contributed by atoms with Crippen LogP contribution in [0, 0.1) is 5.92 Å². The number of ether oxygens (including phenoxy) is 4. The molecule has 0 fully saturated rings. The Morgan fingerprint density at radius 2 is 0.430 bits per heavy atom. The van der Waals surface area contributed by atoms with Crippen molar-refractivity contribution in [1.82, 2.24) is 0 Å². The lowest BCUT2D eigenvalue weighted by atomic mass is 10.0. The molecule has 0 aliphatic carbocycles. The molecule has 0 rings (SSSR count). The van der Waals surface area contributed by atoms with Gasteiger partial charge >= 0.3 is 39.5 Å². The Hall–Kier alpha value is -1.94. The molecule has 0 bridgehead atoms. The van der Waals surface area contributed by atoms with E-state index in [4.69, 9.17) is 37.0 Å². The molecule has 19 heteroatoms. The zero-order chi connectivity index (χ0) is 78.3. The molecule has 0 saturated heterocycles. The van der Waals surface area contributed by atoms with Crippen LogP contribution in [0.25, 0.3) is 0 Å². The fourth-order valence-corrected chi connectivity index (χ4v) is 15.4. The second-order valence-corrected chi connectivity index (χ2v) is 35.0. The topological polar surface area (TPSA) is 237 Å². The van der Waals surface area contributed by atoms with Gasteiger partial charge in [0.15, 0.2) is 12.2 Å². The highest BCUT2D eigenvalue weighted by Gasteiger charge is 2.30. The van der Waals surface area contributed by atoms with Crippen molar-refractivity contribution in [2.45, 2.75) is 496 Å². The summed E-state index contributed by atoms with van der Waals surface area (Å²) in [5.74, 6) is -1.28. The highest BCUT2D eigenvalue weighted by atomic mass is 31.2. The van der Waals surface area contributed by atoms with Crippen LogP contribution in [-0.4, -0.2) is 96.7 Å². The molecule has 0 aliphatic heterocycles. The maximum absolute atomic E-state index is 13.2. The van der Waals surface area contributed by atoms with E-state index < -0.39 is 97.5 Å². The first-order chi connectivity index (χ1) is 52.0. The molecule has 0 amide bonds. The van der Waals surface area contributed by atoms with Gasteiger partial charge in [-0.05, 0) is 31.6 Å². The van der Waals surface area contributed by atoms with Crippen LogP contribution in [0.5, 0.6) is 0 Å². The lowest BCUT2D eigenvalue weighted by Crippen LogP contribution is -2.30. The van der Waals surface area contributed by atoms with Gasteiger partial charge in [-0.25, -0.2) is 9.13 Å². The first-order valence-corrected chi connectivity index (χ1v) is 48.6. The molecule has 0 aromatic carbocycles. The van der Waals surface area contributed by atoms with Crippen LogP contribution in [0.4, 0.5) is 0 Å². The summed E-state index contributed by atoms with van der Waals surface area (Å²) in [7, 11) is -9.93. The maximum atomic E-state index is 13.2. The second kappa shape index (κ2) is 80.7. The Balaban J connectivity index is 5.22. The van der Waals surface area contributed by atoms with Crippen LogP contribution in [0.3, 0.4) is 0 Å². The van der Waals surface area contributed by atoms with Crippen LogP contribution < -0.4 is 0 Å². The van der Waals surface area contributed by atoms with E-state index in [2.05, 4.69) is 34.6 Å². The molecule has 2 unspecified atom stereocenters. The van der Waals surface area contributed by atoms with Gasteiger partial charge in [0.1, 0.15) is 19.3 Å². The van der Waals surface area contributed by atoms with E-state index in [1.54, 1.807) is 0 Å². The van der Waals surface area contributed by atoms with Crippen LogP contribution in [0.15, 0.2) is 0 Å². The van der Waals surface area contributed by atoms with Gasteiger partial charge in [-0.2, -0.15) is 0 Å². The highest BCUT2D eigenvalue weighted by Crippen LogP contribution is 2.45. The third kappa shape index (κ3) is 81.9. The van der Waals surface area contributed by atoms with Crippen LogP contribution in [0.2, 0.25) is 0 Å². The van der Waals surface area contributed by atoms with E-state index in [9.17, 15) is 43.2 Å². The number of hydrogen-bond donors (Lipinski definition) is 3. The Morgan fingerprint density at radius 1 is 0.252 bits per heavy atom. The fraction of sp³-hybridized carbons (Fsp3) is 0.955. The van der Waals surface area contributed by atoms with E-state index in [1.165, 1.54) is 302 Å². The van der Waals surface area contributed by atoms with Crippen molar-refractivity contribution in [2.75, 3.05) is 39.6 Å². The summed E-state index contributed by atoms with van der Waals surface area (Å²) < 4.78 is 68.9. The third-order valence-corrected chi connectivity index (χ3v) is 22.7. The summed E-state index contributed by atoms with van der Waals surface area (Å²) in [5, 5.41) is 10.7. The zero-order valence-electron chi connectivity index (χ0n) is 70.3. The minimum Gasteiger partial charge on any atom is -0.462 e. The zero-order valence-corrected chi connectivity index (χ0v) is 72.1. The van der Waals surface area contributed by atoms with Gasteiger partial charge in [-0.3, -0.25) is 37.3 Å². The quantitative estimate of drug-likeness (QED) is 0.0222. The number of rotatable bonds is 88. The van der Waals surface area contributed by atoms with E-state index >= 15 is 0 Å². The van der Waals surface area contributed by atoms with E-state index in [0.29, 0.717) is 25.7 Å². The first-order valence-electron chi connectivity index (χ1n) is 45.6. The Kier molecular flexibility index (Phi) is 79.2. The number of unbranched alkanes of at least 4 members (excludes halogenated alkanes) is 60. The number of phosphoric acid groups is 2. The van der Waals surface area contributed by atoms with Crippen molar-refractivity contribution in [3.05, 3.63) is 0 Å². The van der Waals surface area contributed by atoms with Crippen molar-refractivity contribution >= 4 is 39.5 Å². The van der Waals surface area contributed by atoms with E-state index in [0.717, 1.165) is 95.8 Å². The van der Waals surface area contributed by atoms with Gasteiger partial charge in [0, 0.05) is 25.7 Å². The minimum atomic E-state index is -4.97. The molecule has 17 nitrogen and oxygen atoms in total. The maximum Gasteiger partial charge on any atom is 0.472 e. The molecule has 107 heavy (non-hydrogen) atoms. The predicted octanol–water partition coefficient (Wildman–Crippen LogP) is 27.2. The first kappa shape index (κ1) is 105. The molecule has 0 radical (unpaired) electrons. The lowest BCUT2D eigenvalue weighted by molar-refractivity contribution is -0.161. The minimum absolute atomic E-state index is 0.109. The average Bonchev–Trinajstić information content (AvgIpc) is 0.919. The van der Waals surface area contributed by atoms with Crippen LogP contribution in [-0.2, 0) is 65.4 Å². The Bertz CT molecular complexity index is 2030. The van der Waals surface area contributed by atoms with Crippen molar-refractivity contribution in [3.63, 3.8) is 0 Å². The number of carbonyl (C=O) groups excluding carboxylic acids is 4. The third-order valence-electron chi connectivity index (χ3n) is 20.8.